The highest BCUT2D eigenvalue weighted by Gasteiger charge is 2.01. The van der Waals surface area contributed by atoms with Crippen molar-refractivity contribution in [2.45, 2.75) is 19.4 Å². The standard InChI is InChI=1S/C9H12BrNO/c1-7(12-2)5-9-4-3-8(10)6-11-9/h3-4,6-7H,5H2,1-2H3. The van der Waals surface area contributed by atoms with Crippen LogP contribution >= 0.6 is 15.9 Å². The molecule has 2 nitrogen and oxygen atoms in total. The number of methoxy groups -OCH3 is 1. The van der Waals surface area contributed by atoms with E-state index < -0.39 is 0 Å². The number of nitrogens with zero attached hydrogens (tertiary/aromatic N) is 1. The van der Waals surface area contributed by atoms with E-state index in [2.05, 4.69) is 20.9 Å². The van der Waals surface area contributed by atoms with Crippen LogP contribution in [0.5, 0.6) is 0 Å². The van der Waals surface area contributed by atoms with Crippen molar-refractivity contribution in [2.75, 3.05) is 7.11 Å². The third-order valence-electron chi connectivity index (χ3n) is 1.69. The maximum Gasteiger partial charge on any atom is 0.0598 e. The molecular formula is C9H12BrNO. The molecule has 0 amide bonds. The second kappa shape index (κ2) is 4.58. The van der Waals surface area contributed by atoms with Crippen LogP contribution in [0.15, 0.2) is 22.8 Å². The van der Waals surface area contributed by atoms with Crippen molar-refractivity contribution >= 4 is 15.9 Å². The topological polar surface area (TPSA) is 22.1 Å². The highest BCUT2D eigenvalue weighted by molar-refractivity contribution is 9.10. The van der Waals surface area contributed by atoms with Gasteiger partial charge < -0.3 is 4.74 Å². The molecule has 1 aromatic heterocycles. The van der Waals surface area contributed by atoms with Crippen LogP contribution in [0, 0.1) is 0 Å². The van der Waals surface area contributed by atoms with E-state index in [9.17, 15) is 0 Å². The first kappa shape index (κ1) is 9.68. The van der Waals surface area contributed by atoms with Crippen LogP contribution < -0.4 is 0 Å². The lowest BCUT2D eigenvalue weighted by Gasteiger charge is -2.07. The molecule has 0 aromatic carbocycles. The van der Waals surface area contributed by atoms with Crippen molar-refractivity contribution in [2.24, 2.45) is 0 Å². The van der Waals surface area contributed by atoms with Gasteiger partial charge in [0.25, 0.3) is 0 Å². The third-order valence-corrected chi connectivity index (χ3v) is 2.16. The molecule has 0 bridgehead atoms. The zero-order valence-corrected chi connectivity index (χ0v) is 8.84. The number of hydrogen-bond acceptors (Lipinski definition) is 2. The van der Waals surface area contributed by atoms with Crippen molar-refractivity contribution < 1.29 is 4.74 Å². The Balaban J connectivity index is 2.58. The molecule has 1 atom stereocenters. The molecule has 0 saturated heterocycles. The average molecular weight is 230 g/mol. The molecule has 66 valence electrons. The fraction of sp³-hybridized carbons (Fsp3) is 0.444. The van der Waals surface area contributed by atoms with E-state index >= 15 is 0 Å². The van der Waals surface area contributed by atoms with Gasteiger partial charge in [-0.15, -0.1) is 0 Å². The minimum atomic E-state index is 0.235. The molecule has 0 radical (unpaired) electrons. The fourth-order valence-electron chi connectivity index (χ4n) is 0.905. The van der Waals surface area contributed by atoms with Gasteiger partial charge in [0.1, 0.15) is 0 Å². The van der Waals surface area contributed by atoms with Crippen LogP contribution in [-0.2, 0) is 11.2 Å². The van der Waals surface area contributed by atoms with Crippen LogP contribution in [-0.4, -0.2) is 18.2 Å². The average Bonchev–Trinajstić information content (AvgIpc) is 2.09. The number of pyridine rings is 1. The maximum atomic E-state index is 5.13. The Hall–Kier alpha value is -0.410. The molecule has 1 unspecified atom stereocenters. The molecule has 0 saturated carbocycles. The van der Waals surface area contributed by atoms with Gasteiger partial charge in [0.2, 0.25) is 0 Å². The number of aromatic nitrogens is 1. The molecule has 0 N–H and O–H groups in total. The van der Waals surface area contributed by atoms with Crippen LogP contribution in [0.2, 0.25) is 0 Å². The summed E-state index contributed by atoms with van der Waals surface area (Å²) in [7, 11) is 1.71. The molecule has 0 aliphatic heterocycles. The first-order valence-electron chi connectivity index (χ1n) is 3.85. The van der Waals surface area contributed by atoms with E-state index in [-0.39, 0.29) is 6.10 Å². The van der Waals surface area contributed by atoms with Gasteiger partial charge in [0.05, 0.1) is 6.10 Å². The summed E-state index contributed by atoms with van der Waals surface area (Å²) in [6, 6.07) is 3.99. The Labute approximate surface area is 81.1 Å². The summed E-state index contributed by atoms with van der Waals surface area (Å²) in [6.07, 6.45) is 2.90. The van der Waals surface area contributed by atoms with Gasteiger partial charge in [-0.1, -0.05) is 0 Å². The molecule has 0 fully saturated rings. The van der Waals surface area contributed by atoms with E-state index in [0.717, 1.165) is 16.6 Å². The number of halogens is 1. The van der Waals surface area contributed by atoms with E-state index in [4.69, 9.17) is 4.74 Å². The Bertz CT molecular complexity index is 235. The minimum absolute atomic E-state index is 0.235. The fourth-order valence-corrected chi connectivity index (χ4v) is 1.14. The van der Waals surface area contributed by atoms with E-state index in [1.54, 1.807) is 13.3 Å². The van der Waals surface area contributed by atoms with E-state index in [0.29, 0.717) is 0 Å². The van der Waals surface area contributed by atoms with Gasteiger partial charge in [-0.05, 0) is 35.0 Å². The first-order chi connectivity index (χ1) is 5.72. The summed E-state index contributed by atoms with van der Waals surface area (Å²) >= 11 is 3.33. The highest BCUT2D eigenvalue weighted by atomic mass is 79.9. The van der Waals surface area contributed by atoms with Crippen LogP contribution in [0.1, 0.15) is 12.6 Å². The van der Waals surface area contributed by atoms with E-state index in [1.807, 2.05) is 19.1 Å². The van der Waals surface area contributed by atoms with Gasteiger partial charge in [-0.25, -0.2) is 0 Å². The normalized spacial score (nSPS) is 12.9. The van der Waals surface area contributed by atoms with Crippen LogP contribution in [0.3, 0.4) is 0 Å². The summed E-state index contributed by atoms with van der Waals surface area (Å²) in [5, 5.41) is 0. The summed E-state index contributed by atoms with van der Waals surface area (Å²) in [4.78, 5) is 4.24. The van der Waals surface area contributed by atoms with Gasteiger partial charge in [-0.2, -0.15) is 0 Å². The molecule has 3 heteroatoms. The van der Waals surface area contributed by atoms with Crippen LogP contribution in [0.4, 0.5) is 0 Å². The lowest BCUT2D eigenvalue weighted by Crippen LogP contribution is -2.09. The third kappa shape index (κ3) is 2.91. The van der Waals surface area contributed by atoms with Crippen molar-refractivity contribution in [1.29, 1.82) is 0 Å². The van der Waals surface area contributed by atoms with Crippen molar-refractivity contribution in [3.05, 3.63) is 28.5 Å². The van der Waals surface area contributed by atoms with Crippen LogP contribution in [0.25, 0.3) is 0 Å². The summed E-state index contributed by atoms with van der Waals surface area (Å²) in [5.74, 6) is 0. The summed E-state index contributed by atoms with van der Waals surface area (Å²) in [5.41, 5.74) is 1.06. The van der Waals surface area contributed by atoms with E-state index in [1.165, 1.54) is 0 Å². The quantitative estimate of drug-likeness (QED) is 0.795. The number of ether oxygens (including phenoxy) is 1. The lowest BCUT2D eigenvalue weighted by atomic mass is 10.2. The van der Waals surface area contributed by atoms with Gasteiger partial charge in [0.15, 0.2) is 0 Å². The Morgan fingerprint density at radius 2 is 2.33 bits per heavy atom. The second-order valence-electron chi connectivity index (χ2n) is 2.72. The molecule has 0 aliphatic carbocycles. The largest absolute Gasteiger partial charge is 0.381 e. The van der Waals surface area contributed by atoms with Crippen molar-refractivity contribution in [3.8, 4) is 0 Å². The van der Waals surface area contributed by atoms with Crippen molar-refractivity contribution in [1.82, 2.24) is 4.98 Å². The molecule has 0 spiro atoms. The second-order valence-corrected chi connectivity index (χ2v) is 3.63. The zero-order chi connectivity index (χ0) is 8.97. The SMILES string of the molecule is COC(C)Cc1ccc(Br)cn1. The number of rotatable bonds is 3. The van der Waals surface area contributed by atoms with Gasteiger partial charge >= 0.3 is 0 Å². The molecule has 1 heterocycles. The smallest absolute Gasteiger partial charge is 0.0598 e. The minimum Gasteiger partial charge on any atom is -0.381 e. The molecular weight excluding hydrogens is 218 g/mol. The number of hydrogen-bond donors (Lipinski definition) is 0. The Morgan fingerprint density at radius 3 is 2.83 bits per heavy atom. The predicted octanol–water partition coefficient (Wildman–Crippen LogP) is 2.42. The monoisotopic (exact) mass is 229 g/mol. The van der Waals surface area contributed by atoms with Gasteiger partial charge in [-0.3, -0.25) is 4.98 Å². The molecule has 1 aromatic rings. The summed E-state index contributed by atoms with van der Waals surface area (Å²) in [6.45, 7) is 2.03. The van der Waals surface area contributed by atoms with Gasteiger partial charge in [0, 0.05) is 29.9 Å². The first-order valence-corrected chi connectivity index (χ1v) is 4.65. The van der Waals surface area contributed by atoms with Crippen molar-refractivity contribution in [3.63, 3.8) is 0 Å². The molecule has 1 rings (SSSR count). The maximum absolute atomic E-state index is 5.13. The zero-order valence-electron chi connectivity index (χ0n) is 7.25. The Kier molecular flexibility index (Phi) is 3.69. The molecule has 12 heavy (non-hydrogen) atoms. The summed E-state index contributed by atoms with van der Waals surface area (Å²) < 4.78 is 6.14. The molecule has 0 aliphatic rings. The lowest BCUT2D eigenvalue weighted by molar-refractivity contribution is 0.118. The highest BCUT2D eigenvalue weighted by Crippen LogP contribution is 2.09. The predicted molar refractivity (Wildman–Crippen MR) is 52.1 cm³/mol. The Morgan fingerprint density at radius 1 is 1.58 bits per heavy atom.